The molecule has 0 saturated carbocycles. The molecule has 0 saturated heterocycles. The van der Waals surface area contributed by atoms with Gasteiger partial charge in [0.1, 0.15) is 5.69 Å². The quantitative estimate of drug-likeness (QED) is 0.872. The van der Waals surface area contributed by atoms with Crippen LogP contribution in [0.5, 0.6) is 0 Å². The minimum Gasteiger partial charge on any atom is -0.338 e. The van der Waals surface area contributed by atoms with E-state index in [4.69, 9.17) is 4.52 Å². The zero-order chi connectivity index (χ0) is 13.4. The van der Waals surface area contributed by atoms with Gasteiger partial charge in [-0.25, -0.2) is 4.68 Å². The third-order valence-electron chi connectivity index (χ3n) is 2.77. The van der Waals surface area contributed by atoms with E-state index in [-0.39, 0.29) is 11.3 Å². The molecule has 1 aliphatic heterocycles. The Hall–Kier alpha value is -2.09. The Morgan fingerprint density at radius 2 is 2.32 bits per heavy atom. The summed E-state index contributed by atoms with van der Waals surface area (Å²) in [5.41, 5.74) is 1.67. The second-order valence-electron chi connectivity index (χ2n) is 4.06. The molecule has 8 heteroatoms. The van der Waals surface area contributed by atoms with Crippen molar-refractivity contribution in [1.82, 2.24) is 14.9 Å². The monoisotopic (exact) mass is 278 g/mol. The van der Waals surface area contributed by atoms with Gasteiger partial charge < -0.3 is 4.52 Å². The number of hydrogen-bond donors (Lipinski definition) is 1. The van der Waals surface area contributed by atoms with E-state index in [2.05, 4.69) is 15.6 Å². The fourth-order valence-electron chi connectivity index (χ4n) is 1.74. The molecule has 0 aromatic carbocycles. The van der Waals surface area contributed by atoms with Gasteiger partial charge in [0.15, 0.2) is 0 Å². The predicted molar refractivity (Wildman–Crippen MR) is 68.9 cm³/mol. The lowest BCUT2D eigenvalue weighted by molar-refractivity contribution is 0.101. The lowest BCUT2D eigenvalue weighted by Gasteiger charge is -2.03. The Balaban J connectivity index is 1.84. The average molecular weight is 278 g/mol. The normalized spacial score (nSPS) is 13.3. The van der Waals surface area contributed by atoms with Crippen LogP contribution in [0.2, 0.25) is 0 Å². The minimum absolute atomic E-state index is 0.151. The number of nitrogens with zero attached hydrogens (tertiary/aromatic N) is 3. The zero-order valence-corrected chi connectivity index (χ0v) is 10.9. The van der Waals surface area contributed by atoms with Gasteiger partial charge in [-0.05, 0) is 6.07 Å². The van der Waals surface area contributed by atoms with Gasteiger partial charge in [-0.1, -0.05) is 5.16 Å². The van der Waals surface area contributed by atoms with Crippen molar-refractivity contribution in [1.29, 1.82) is 0 Å². The van der Waals surface area contributed by atoms with Crippen LogP contribution in [-0.4, -0.2) is 20.8 Å². The molecule has 98 valence electrons. The molecule has 2 aromatic rings. The average Bonchev–Trinajstić information content (AvgIpc) is 2.97. The molecular formula is C11H10N4O3S. The van der Waals surface area contributed by atoms with E-state index in [1.54, 1.807) is 11.8 Å². The predicted octanol–water partition coefficient (Wildman–Crippen LogP) is 0.767. The molecule has 0 aliphatic carbocycles. The Morgan fingerprint density at radius 3 is 3.11 bits per heavy atom. The standard InChI is InChI=1S/C11H10N4O3S/c1-15-9(16)3-2-7(13-15)10(17)12-11-6-4-19-5-8(6)14-18-11/h2-3H,4-5H2,1H3,(H,12,17). The topological polar surface area (TPSA) is 90.0 Å². The molecule has 0 bridgehead atoms. The lowest BCUT2D eigenvalue weighted by Crippen LogP contribution is -2.23. The highest BCUT2D eigenvalue weighted by Gasteiger charge is 2.23. The molecule has 3 rings (SSSR count). The Kier molecular flexibility index (Phi) is 2.86. The maximum absolute atomic E-state index is 12.0. The fraction of sp³-hybridized carbons (Fsp3) is 0.273. The molecule has 0 spiro atoms. The van der Waals surface area contributed by atoms with Gasteiger partial charge in [-0.2, -0.15) is 16.9 Å². The number of carbonyl (C=O) groups is 1. The number of aryl methyl sites for hydroxylation is 1. The van der Waals surface area contributed by atoms with Crippen LogP contribution in [0.3, 0.4) is 0 Å². The number of hydrogen-bond acceptors (Lipinski definition) is 6. The molecule has 1 aliphatic rings. The molecule has 0 fully saturated rings. The number of rotatable bonds is 2. The summed E-state index contributed by atoms with van der Waals surface area (Å²) in [6.45, 7) is 0. The van der Waals surface area contributed by atoms with Gasteiger partial charge in [0.05, 0.1) is 11.3 Å². The van der Waals surface area contributed by atoms with Crippen LogP contribution in [0, 0.1) is 0 Å². The van der Waals surface area contributed by atoms with Crippen molar-refractivity contribution in [3.63, 3.8) is 0 Å². The Labute approximate surface area is 112 Å². The number of anilines is 1. The number of thioether (sulfide) groups is 1. The lowest BCUT2D eigenvalue weighted by atomic mass is 10.3. The molecule has 3 heterocycles. The van der Waals surface area contributed by atoms with E-state index in [0.29, 0.717) is 5.88 Å². The maximum Gasteiger partial charge on any atom is 0.278 e. The second-order valence-corrected chi connectivity index (χ2v) is 5.05. The first kappa shape index (κ1) is 12.0. The van der Waals surface area contributed by atoms with Crippen LogP contribution in [0.15, 0.2) is 21.5 Å². The van der Waals surface area contributed by atoms with E-state index in [9.17, 15) is 9.59 Å². The summed E-state index contributed by atoms with van der Waals surface area (Å²) in [6, 6.07) is 2.67. The third-order valence-corrected chi connectivity index (χ3v) is 3.75. The molecule has 1 N–H and O–H groups in total. The highest BCUT2D eigenvalue weighted by Crippen LogP contribution is 2.34. The SMILES string of the molecule is Cn1nc(C(=O)Nc2onc3c2CSC3)ccc1=O. The fourth-order valence-corrected chi connectivity index (χ4v) is 2.77. The first-order valence-corrected chi connectivity index (χ1v) is 6.71. The number of aromatic nitrogens is 3. The van der Waals surface area contributed by atoms with Gasteiger partial charge in [-0.3, -0.25) is 14.9 Å². The van der Waals surface area contributed by atoms with Crippen LogP contribution in [0.4, 0.5) is 5.88 Å². The maximum atomic E-state index is 12.0. The van der Waals surface area contributed by atoms with Crippen LogP contribution in [0.25, 0.3) is 0 Å². The van der Waals surface area contributed by atoms with Gasteiger partial charge in [0.2, 0.25) is 5.88 Å². The van der Waals surface area contributed by atoms with Crippen LogP contribution < -0.4 is 10.9 Å². The van der Waals surface area contributed by atoms with Crippen molar-refractivity contribution >= 4 is 23.6 Å². The van der Waals surface area contributed by atoms with Crippen molar-refractivity contribution < 1.29 is 9.32 Å². The number of fused-ring (bicyclic) bond motifs is 1. The van der Waals surface area contributed by atoms with Crippen LogP contribution in [-0.2, 0) is 18.6 Å². The van der Waals surface area contributed by atoms with Crippen molar-refractivity contribution in [2.45, 2.75) is 11.5 Å². The zero-order valence-electron chi connectivity index (χ0n) is 10.0. The van der Waals surface area contributed by atoms with Crippen LogP contribution in [0.1, 0.15) is 21.7 Å². The largest absolute Gasteiger partial charge is 0.338 e. The van der Waals surface area contributed by atoms with Crippen LogP contribution >= 0.6 is 11.8 Å². The summed E-state index contributed by atoms with van der Waals surface area (Å²) in [5.74, 6) is 1.51. The highest BCUT2D eigenvalue weighted by molar-refractivity contribution is 7.98. The van der Waals surface area contributed by atoms with Crippen molar-refractivity contribution in [3.05, 3.63) is 39.4 Å². The van der Waals surface area contributed by atoms with Gasteiger partial charge in [0, 0.05) is 24.6 Å². The second kappa shape index (κ2) is 4.54. The summed E-state index contributed by atoms with van der Waals surface area (Å²) in [6.07, 6.45) is 0. The smallest absolute Gasteiger partial charge is 0.278 e. The minimum atomic E-state index is -0.425. The van der Waals surface area contributed by atoms with Crippen molar-refractivity contribution in [2.75, 3.05) is 5.32 Å². The molecule has 0 unspecified atom stereocenters. The first-order valence-electron chi connectivity index (χ1n) is 5.56. The molecule has 19 heavy (non-hydrogen) atoms. The molecule has 0 atom stereocenters. The van der Waals surface area contributed by atoms with Crippen molar-refractivity contribution in [2.24, 2.45) is 7.05 Å². The van der Waals surface area contributed by atoms with Gasteiger partial charge in [0.25, 0.3) is 11.5 Å². The number of carbonyl (C=O) groups excluding carboxylic acids is 1. The molecular weight excluding hydrogens is 268 g/mol. The van der Waals surface area contributed by atoms with E-state index in [0.717, 1.165) is 27.4 Å². The number of amides is 1. The summed E-state index contributed by atoms with van der Waals surface area (Å²) < 4.78 is 6.20. The molecule has 0 radical (unpaired) electrons. The number of nitrogens with one attached hydrogen (secondary N) is 1. The van der Waals surface area contributed by atoms with E-state index >= 15 is 0 Å². The molecule has 1 amide bonds. The molecule has 2 aromatic heterocycles. The van der Waals surface area contributed by atoms with E-state index in [1.165, 1.54) is 19.2 Å². The van der Waals surface area contributed by atoms with Gasteiger partial charge >= 0.3 is 0 Å². The summed E-state index contributed by atoms with van der Waals surface area (Å²) in [5, 5.41) is 10.4. The summed E-state index contributed by atoms with van der Waals surface area (Å²) in [4.78, 5) is 23.2. The first-order chi connectivity index (χ1) is 9.15. The Bertz CT molecular complexity index is 706. The third kappa shape index (κ3) is 2.14. The summed E-state index contributed by atoms with van der Waals surface area (Å²) >= 11 is 1.72. The van der Waals surface area contributed by atoms with Gasteiger partial charge in [-0.15, -0.1) is 0 Å². The van der Waals surface area contributed by atoms with Crippen molar-refractivity contribution in [3.8, 4) is 0 Å². The Morgan fingerprint density at radius 1 is 1.47 bits per heavy atom. The summed E-state index contributed by atoms with van der Waals surface area (Å²) in [7, 11) is 1.49. The molecule has 7 nitrogen and oxygen atoms in total. The van der Waals surface area contributed by atoms with E-state index < -0.39 is 5.91 Å². The van der Waals surface area contributed by atoms with E-state index in [1.807, 2.05) is 0 Å². The highest BCUT2D eigenvalue weighted by atomic mass is 32.2.